The quantitative estimate of drug-likeness (QED) is 0.0781. The summed E-state index contributed by atoms with van der Waals surface area (Å²) in [5.41, 5.74) is 2.15. The van der Waals surface area contributed by atoms with E-state index in [-0.39, 0.29) is 11.9 Å². The first-order valence-electron chi connectivity index (χ1n) is 15.9. The minimum absolute atomic E-state index is 0.0328. The van der Waals surface area contributed by atoms with Crippen molar-refractivity contribution in [1.82, 2.24) is 9.97 Å². The van der Waals surface area contributed by atoms with E-state index in [0.29, 0.717) is 11.6 Å². The second-order valence-electron chi connectivity index (χ2n) is 11.6. The molecule has 1 aromatic heterocycles. The monoisotopic (exact) mass is 532 g/mol. The van der Waals surface area contributed by atoms with Gasteiger partial charge in [0.2, 0.25) is 0 Å². The molecule has 214 valence electrons. The maximum absolute atomic E-state index is 12.8. The normalized spacial score (nSPS) is 17.2. The van der Waals surface area contributed by atoms with Gasteiger partial charge in [0, 0.05) is 18.0 Å². The molecule has 0 spiro atoms. The zero-order chi connectivity index (χ0) is 27.5. The number of aromatic nitrogens is 2. The lowest BCUT2D eigenvalue weighted by molar-refractivity contribution is -0.140. The van der Waals surface area contributed by atoms with Gasteiger partial charge >= 0.3 is 5.97 Å². The number of benzene rings is 1. The molecule has 4 heteroatoms. The topological polar surface area (TPSA) is 52.1 Å². The number of unbranched alkanes of at least 4 members (excludes halogenated alkanes) is 11. The number of hydrogen-bond donors (Lipinski definition) is 0. The number of aryl methyl sites for hydroxylation is 1. The summed E-state index contributed by atoms with van der Waals surface area (Å²) in [5, 5.41) is 0. The first kappa shape index (κ1) is 31.0. The van der Waals surface area contributed by atoms with E-state index in [9.17, 15) is 4.79 Å². The predicted octanol–water partition coefficient (Wildman–Crippen LogP) is 10.1. The van der Waals surface area contributed by atoms with Crippen molar-refractivity contribution >= 4 is 5.97 Å². The number of nitrogens with zero attached hydrogens (tertiary/aromatic N) is 2. The Balaban J connectivity index is 1.33. The molecule has 39 heavy (non-hydrogen) atoms. The Bertz CT molecular complexity index is 930. The molecule has 0 unspecified atom stereocenters. The number of esters is 1. The zero-order valence-electron chi connectivity index (χ0n) is 24.5. The molecular weight excluding hydrogens is 480 g/mol. The summed E-state index contributed by atoms with van der Waals surface area (Å²) in [7, 11) is 0. The molecule has 1 aliphatic carbocycles. The van der Waals surface area contributed by atoms with Gasteiger partial charge in [-0.25, -0.2) is 9.97 Å². The number of ether oxygens (including phenoxy) is 1. The average Bonchev–Trinajstić information content (AvgIpc) is 2.97. The first-order chi connectivity index (χ1) is 19.2. The van der Waals surface area contributed by atoms with Gasteiger partial charge in [0.05, 0.1) is 5.92 Å². The van der Waals surface area contributed by atoms with Crippen LogP contribution in [0.2, 0.25) is 0 Å². The fraction of sp³-hybridized carbons (Fsp3) is 0.629. The van der Waals surface area contributed by atoms with E-state index >= 15 is 0 Å². The van der Waals surface area contributed by atoms with Gasteiger partial charge in [-0.1, -0.05) is 83.6 Å². The van der Waals surface area contributed by atoms with Crippen LogP contribution in [-0.4, -0.2) is 15.9 Å². The molecular formula is C35H52N2O2. The molecule has 0 saturated heterocycles. The number of carbonyl (C=O) groups is 1. The maximum atomic E-state index is 12.8. The summed E-state index contributed by atoms with van der Waals surface area (Å²) in [6.45, 7) is 6.06. The molecule has 0 aliphatic heterocycles. The minimum Gasteiger partial charge on any atom is -0.426 e. The van der Waals surface area contributed by atoms with Crippen LogP contribution in [0.4, 0.5) is 0 Å². The molecule has 3 rings (SSSR count). The van der Waals surface area contributed by atoms with Crippen molar-refractivity contribution in [3.8, 4) is 17.1 Å². The molecule has 2 aromatic rings. The highest BCUT2D eigenvalue weighted by Crippen LogP contribution is 2.33. The Labute approximate surface area is 238 Å². The van der Waals surface area contributed by atoms with Crippen LogP contribution in [0.25, 0.3) is 11.4 Å². The Morgan fingerprint density at radius 2 is 1.46 bits per heavy atom. The van der Waals surface area contributed by atoms with E-state index in [1.165, 1.54) is 89.0 Å². The van der Waals surface area contributed by atoms with Gasteiger partial charge in [-0.3, -0.25) is 4.79 Å². The molecule has 0 N–H and O–H groups in total. The summed E-state index contributed by atoms with van der Waals surface area (Å²) < 4.78 is 5.74. The molecule has 1 heterocycles. The molecule has 1 aliphatic rings. The fourth-order valence-corrected chi connectivity index (χ4v) is 5.73. The van der Waals surface area contributed by atoms with Gasteiger partial charge in [0.15, 0.2) is 5.82 Å². The number of allylic oxidation sites excluding steroid dienone is 1. The number of carbonyl (C=O) groups excluding carboxylic acids is 1. The van der Waals surface area contributed by atoms with E-state index in [2.05, 4.69) is 23.5 Å². The highest BCUT2D eigenvalue weighted by molar-refractivity contribution is 5.75. The van der Waals surface area contributed by atoms with Crippen molar-refractivity contribution in [2.45, 2.75) is 129 Å². The van der Waals surface area contributed by atoms with E-state index in [0.717, 1.165) is 50.0 Å². The Hall–Kier alpha value is -2.49. The second-order valence-corrected chi connectivity index (χ2v) is 11.6. The number of hydrogen-bond acceptors (Lipinski definition) is 4. The summed E-state index contributed by atoms with van der Waals surface area (Å²) in [6.07, 6.45) is 29.4. The molecule has 0 amide bonds. The molecule has 0 bridgehead atoms. The van der Waals surface area contributed by atoms with Crippen LogP contribution in [0.5, 0.6) is 5.75 Å². The van der Waals surface area contributed by atoms with Gasteiger partial charge in [-0.2, -0.15) is 0 Å². The van der Waals surface area contributed by atoms with E-state index < -0.39 is 0 Å². The summed E-state index contributed by atoms with van der Waals surface area (Å²) in [5.74, 6) is 2.06. The molecule has 0 radical (unpaired) electrons. The van der Waals surface area contributed by atoms with E-state index in [1.54, 1.807) is 0 Å². The first-order valence-corrected chi connectivity index (χ1v) is 15.9. The molecule has 1 aromatic carbocycles. The van der Waals surface area contributed by atoms with Crippen LogP contribution in [0.1, 0.15) is 128 Å². The minimum atomic E-state index is -0.0767. The van der Waals surface area contributed by atoms with E-state index in [1.807, 2.05) is 42.7 Å². The van der Waals surface area contributed by atoms with Gasteiger partial charge in [-0.15, -0.1) is 6.58 Å². The van der Waals surface area contributed by atoms with Crippen molar-refractivity contribution in [2.75, 3.05) is 0 Å². The highest BCUT2D eigenvalue weighted by atomic mass is 16.5. The molecule has 0 atom stereocenters. The lowest BCUT2D eigenvalue weighted by Gasteiger charge is -2.27. The van der Waals surface area contributed by atoms with Crippen LogP contribution < -0.4 is 4.74 Å². The lowest BCUT2D eigenvalue weighted by Crippen LogP contribution is -2.25. The fourth-order valence-electron chi connectivity index (χ4n) is 5.73. The average molecular weight is 533 g/mol. The summed E-state index contributed by atoms with van der Waals surface area (Å²) in [6, 6.07) is 7.62. The van der Waals surface area contributed by atoms with E-state index in [4.69, 9.17) is 4.74 Å². The lowest BCUT2D eigenvalue weighted by atomic mass is 9.80. The van der Waals surface area contributed by atoms with Crippen LogP contribution in [0.15, 0.2) is 49.3 Å². The highest BCUT2D eigenvalue weighted by Gasteiger charge is 2.27. The van der Waals surface area contributed by atoms with Gasteiger partial charge < -0.3 is 4.74 Å². The SMILES string of the molecule is C=CCCCCCC[C@H]1CC[C@H](C(=O)Oc2ccc(-c3ncc(CCCCCCCCCC)cn3)cc2)CC1. The zero-order valence-corrected chi connectivity index (χ0v) is 24.5. The Kier molecular flexibility index (Phi) is 14.9. The third-order valence-electron chi connectivity index (χ3n) is 8.31. The van der Waals surface area contributed by atoms with Crippen molar-refractivity contribution in [3.63, 3.8) is 0 Å². The maximum Gasteiger partial charge on any atom is 0.314 e. The van der Waals surface area contributed by atoms with Crippen LogP contribution in [-0.2, 0) is 11.2 Å². The molecule has 1 saturated carbocycles. The van der Waals surface area contributed by atoms with Crippen molar-refractivity contribution in [3.05, 3.63) is 54.9 Å². The second kappa shape index (κ2) is 18.7. The summed E-state index contributed by atoms with van der Waals surface area (Å²) in [4.78, 5) is 21.9. The Morgan fingerprint density at radius 3 is 2.13 bits per heavy atom. The van der Waals surface area contributed by atoms with Crippen LogP contribution in [0.3, 0.4) is 0 Å². The van der Waals surface area contributed by atoms with Crippen molar-refractivity contribution in [2.24, 2.45) is 11.8 Å². The van der Waals surface area contributed by atoms with Crippen molar-refractivity contribution in [1.29, 1.82) is 0 Å². The molecule has 1 fully saturated rings. The van der Waals surface area contributed by atoms with Crippen LogP contribution >= 0.6 is 0 Å². The van der Waals surface area contributed by atoms with Gasteiger partial charge in [0.25, 0.3) is 0 Å². The third kappa shape index (κ3) is 12.1. The smallest absolute Gasteiger partial charge is 0.314 e. The van der Waals surface area contributed by atoms with Crippen LogP contribution in [0, 0.1) is 11.8 Å². The Morgan fingerprint density at radius 1 is 0.846 bits per heavy atom. The molecule has 4 nitrogen and oxygen atoms in total. The standard InChI is InChI=1S/C35H52N2O2/c1-3-5-7-9-11-12-14-16-18-30-27-36-34(37-28-30)31-23-25-33(26-24-31)39-35(38)32-21-19-29(20-22-32)17-15-13-10-8-6-4-2/h4,23-29,32H,2-3,5-22H2,1H3/t29-,32-. The van der Waals surface area contributed by atoms with Crippen molar-refractivity contribution < 1.29 is 9.53 Å². The largest absolute Gasteiger partial charge is 0.426 e. The van der Waals surface area contributed by atoms with Gasteiger partial charge in [-0.05, 0) is 87.1 Å². The predicted molar refractivity (Wildman–Crippen MR) is 163 cm³/mol. The van der Waals surface area contributed by atoms with Gasteiger partial charge in [0.1, 0.15) is 5.75 Å². The summed E-state index contributed by atoms with van der Waals surface area (Å²) >= 11 is 0. The number of rotatable bonds is 19. The third-order valence-corrected chi connectivity index (χ3v) is 8.31.